The molecule has 0 bridgehead atoms. The van der Waals surface area contributed by atoms with Crippen LogP contribution in [0.15, 0.2) is 24.3 Å². The quantitative estimate of drug-likeness (QED) is 0.889. The van der Waals surface area contributed by atoms with Gasteiger partial charge in [0.1, 0.15) is 6.10 Å². The zero-order valence-electron chi connectivity index (χ0n) is 11.7. The Hall–Kier alpha value is -0.570. The number of rotatable bonds is 4. The van der Waals surface area contributed by atoms with E-state index in [1.54, 1.807) is 0 Å². The molecule has 1 aromatic carbocycles. The monoisotopic (exact) mass is 282 g/mol. The highest BCUT2D eigenvalue weighted by Crippen LogP contribution is 2.43. The highest BCUT2D eigenvalue weighted by molar-refractivity contribution is 6.30. The molecule has 0 saturated heterocycles. The van der Waals surface area contributed by atoms with Crippen LogP contribution in [0.4, 0.5) is 0 Å². The molecule has 1 fully saturated rings. The van der Waals surface area contributed by atoms with E-state index in [1.165, 1.54) is 6.42 Å². The van der Waals surface area contributed by atoms with Crippen LogP contribution in [0.1, 0.15) is 51.2 Å². The Balaban J connectivity index is 2.24. The van der Waals surface area contributed by atoms with Gasteiger partial charge in [-0.3, -0.25) is 0 Å². The predicted molar refractivity (Wildman–Crippen MR) is 78.4 cm³/mol. The molecular weight excluding hydrogens is 260 g/mol. The molecule has 0 aromatic heterocycles. The minimum atomic E-state index is -0.576. The van der Waals surface area contributed by atoms with Crippen LogP contribution >= 0.6 is 11.6 Å². The van der Waals surface area contributed by atoms with Gasteiger partial charge in [-0.2, -0.15) is 0 Å². The standard InChI is InChI=1S/C16H23ClO2/c1-3-19-16(10-4-5-12(2)11-16)15(18)13-6-8-14(17)9-7-13/h6-9,12,15,18H,3-5,10-11H2,1-2H3. The molecule has 0 spiro atoms. The summed E-state index contributed by atoms with van der Waals surface area (Å²) in [5.74, 6) is 0.599. The Morgan fingerprint density at radius 2 is 2.11 bits per heavy atom. The van der Waals surface area contributed by atoms with Gasteiger partial charge in [-0.05, 0) is 43.4 Å². The van der Waals surface area contributed by atoms with E-state index >= 15 is 0 Å². The van der Waals surface area contributed by atoms with E-state index in [0.29, 0.717) is 17.5 Å². The molecule has 1 saturated carbocycles. The van der Waals surface area contributed by atoms with E-state index in [-0.39, 0.29) is 0 Å². The summed E-state index contributed by atoms with van der Waals surface area (Å²) < 4.78 is 6.00. The van der Waals surface area contributed by atoms with Crippen molar-refractivity contribution in [2.75, 3.05) is 6.61 Å². The third-order valence-corrected chi connectivity index (χ3v) is 4.36. The molecule has 3 unspecified atom stereocenters. The van der Waals surface area contributed by atoms with Crippen LogP contribution in [0.25, 0.3) is 0 Å². The summed E-state index contributed by atoms with van der Waals surface area (Å²) in [6, 6.07) is 7.44. The van der Waals surface area contributed by atoms with Crippen LogP contribution in [0, 0.1) is 5.92 Å². The largest absolute Gasteiger partial charge is 0.385 e. The lowest BCUT2D eigenvalue weighted by atomic mass is 9.74. The molecule has 2 nitrogen and oxygen atoms in total. The second-order valence-electron chi connectivity index (χ2n) is 5.65. The first-order chi connectivity index (χ1) is 9.07. The Morgan fingerprint density at radius 1 is 1.42 bits per heavy atom. The molecule has 1 N–H and O–H groups in total. The van der Waals surface area contributed by atoms with Crippen molar-refractivity contribution in [3.05, 3.63) is 34.9 Å². The fourth-order valence-corrected chi connectivity index (χ4v) is 3.36. The van der Waals surface area contributed by atoms with E-state index in [1.807, 2.05) is 31.2 Å². The number of aliphatic hydroxyl groups excluding tert-OH is 1. The zero-order chi connectivity index (χ0) is 13.9. The van der Waals surface area contributed by atoms with Gasteiger partial charge >= 0.3 is 0 Å². The fraction of sp³-hybridized carbons (Fsp3) is 0.625. The van der Waals surface area contributed by atoms with Crippen LogP contribution in [-0.2, 0) is 4.74 Å². The molecule has 3 atom stereocenters. The summed E-state index contributed by atoms with van der Waals surface area (Å²) >= 11 is 5.91. The molecule has 0 aliphatic heterocycles. The van der Waals surface area contributed by atoms with Crippen molar-refractivity contribution in [2.24, 2.45) is 5.92 Å². The lowest BCUT2D eigenvalue weighted by Gasteiger charge is -2.43. The van der Waals surface area contributed by atoms with Gasteiger partial charge in [0.25, 0.3) is 0 Å². The van der Waals surface area contributed by atoms with E-state index in [2.05, 4.69) is 6.92 Å². The van der Waals surface area contributed by atoms with Crippen LogP contribution in [-0.4, -0.2) is 17.3 Å². The van der Waals surface area contributed by atoms with Crippen molar-refractivity contribution >= 4 is 11.6 Å². The van der Waals surface area contributed by atoms with Crippen molar-refractivity contribution in [1.82, 2.24) is 0 Å². The molecule has 0 radical (unpaired) electrons. The average molecular weight is 283 g/mol. The lowest BCUT2D eigenvalue weighted by Crippen LogP contribution is -2.43. The van der Waals surface area contributed by atoms with Crippen LogP contribution < -0.4 is 0 Å². The van der Waals surface area contributed by atoms with Gasteiger partial charge in [-0.1, -0.05) is 43.5 Å². The maximum absolute atomic E-state index is 10.8. The summed E-state index contributed by atoms with van der Waals surface area (Å²) in [6.07, 6.45) is 3.61. The third-order valence-electron chi connectivity index (χ3n) is 4.11. The van der Waals surface area contributed by atoms with Gasteiger partial charge in [-0.25, -0.2) is 0 Å². The first-order valence-corrected chi connectivity index (χ1v) is 7.52. The van der Waals surface area contributed by atoms with Gasteiger partial charge in [0.2, 0.25) is 0 Å². The van der Waals surface area contributed by atoms with Crippen molar-refractivity contribution in [1.29, 1.82) is 0 Å². The SMILES string of the molecule is CCOC1(C(O)c2ccc(Cl)cc2)CCCC(C)C1. The van der Waals surface area contributed by atoms with Gasteiger partial charge in [-0.15, -0.1) is 0 Å². The van der Waals surface area contributed by atoms with E-state index in [4.69, 9.17) is 16.3 Å². The molecule has 19 heavy (non-hydrogen) atoms. The lowest BCUT2D eigenvalue weighted by molar-refractivity contribution is -0.150. The van der Waals surface area contributed by atoms with Crippen molar-refractivity contribution in [2.45, 2.75) is 51.2 Å². The number of aliphatic hydroxyl groups is 1. The Bertz CT molecular complexity index is 400. The molecule has 1 aromatic rings. The summed E-state index contributed by atoms with van der Waals surface area (Å²) in [5.41, 5.74) is 0.465. The Labute approximate surface area is 120 Å². The maximum Gasteiger partial charge on any atom is 0.108 e. The Morgan fingerprint density at radius 3 is 2.68 bits per heavy atom. The highest BCUT2D eigenvalue weighted by Gasteiger charge is 2.42. The van der Waals surface area contributed by atoms with Crippen LogP contribution in [0.5, 0.6) is 0 Å². The van der Waals surface area contributed by atoms with E-state index < -0.39 is 11.7 Å². The number of hydrogen-bond acceptors (Lipinski definition) is 2. The van der Waals surface area contributed by atoms with Gasteiger partial charge in [0.15, 0.2) is 0 Å². The predicted octanol–water partition coefficient (Wildman–Crippen LogP) is 4.36. The van der Waals surface area contributed by atoms with Crippen molar-refractivity contribution in [3.8, 4) is 0 Å². The van der Waals surface area contributed by atoms with Gasteiger partial charge in [0.05, 0.1) is 5.60 Å². The summed E-state index contributed by atoms with van der Waals surface area (Å²) in [7, 11) is 0. The summed E-state index contributed by atoms with van der Waals surface area (Å²) in [5, 5.41) is 11.5. The average Bonchev–Trinajstić information content (AvgIpc) is 2.39. The van der Waals surface area contributed by atoms with E-state index in [0.717, 1.165) is 24.8 Å². The van der Waals surface area contributed by atoms with Crippen molar-refractivity contribution in [3.63, 3.8) is 0 Å². The molecule has 3 heteroatoms. The molecule has 106 valence electrons. The summed E-state index contributed by atoms with van der Waals surface area (Å²) in [4.78, 5) is 0. The number of ether oxygens (including phenoxy) is 1. The van der Waals surface area contributed by atoms with Crippen molar-refractivity contribution < 1.29 is 9.84 Å². The molecule has 2 rings (SSSR count). The minimum Gasteiger partial charge on any atom is -0.385 e. The van der Waals surface area contributed by atoms with Crippen LogP contribution in [0.3, 0.4) is 0 Å². The molecule has 0 amide bonds. The zero-order valence-corrected chi connectivity index (χ0v) is 12.5. The van der Waals surface area contributed by atoms with E-state index in [9.17, 15) is 5.11 Å². The first-order valence-electron chi connectivity index (χ1n) is 7.15. The Kier molecular flexibility index (Phi) is 4.88. The fourth-order valence-electron chi connectivity index (χ4n) is 3.24. The van der Waals surface area contributed by atoms with Crippen LogP contribution in [0.2, 0.25) is 5.02 Å². The maximum atomic E-state index is 10.8. The molecule has 1 aliphatic carbocycles. The normalized spacial score (nSPS) is 29.2. The number of hydrogen-bond donors (Lipinski definition) is 1. The summed E-state index contributed by atoms with van der Waals surface area (Å²) in [6.45, 7) is 4.87. The number of halogens is 1. The molecular formula is C16H23ClO2. The molecule has 0 heterocycles. The second kappa shape index (κ2) is 6.25. The van der Waals surface area contributed by atoms with Gasteiger partial charge < -0.3 is 9.84 Å². The third kappa shape index (κ3) is 3.31. The second-order valence-corrected chi connectivity index (χ2v) is 6.09. The highest BCUT2D eigenvalue weighted by atomic mass is 35.5. The minimum absolute atomic E-state index is 0.430. The smallest absolute Gasteiger partial charge is 0.108 e. The van der Waals surface area contributed by atoms with Gasteiger partial charge in [0, 0.05) is 11.6 Å². The first kappa shape index (κ1) is 14.8. The topological polar surface area (TPSA) is 29.5 Å². The number of benzene rings is 1. The molecule has 1 aliphatic rings.